The lowest BCUT2D eigenvalue weighted by atomic mass is 10.2. The highest BCUT2D eigenvalue weighted by Crippen LogP contribution is 2.20. The molecule has 1 atom stereocenters. The van der Waals surface area contributed by atoms with E-state index in [4.69, 9.17) is 0 Å². The first kappa shape index (κ1) is 14.2. The number of fused-ring (bicyclic) bond motifs is 1. The van der Waals surface area contributed by atoms with Crippen LogP contribution in [0.2, 0.25) is 0 Å². The van der Waals surface area contributed by atoms with Gasteiger partial charge in [0.15, 0.2) is 0 Å². The van der Waals surface area contributed by atoms with Gasteiger partial charge in [0.2, 0.25) is 0 Å². The Bertz CT molecular complexity index is 644. The predicted octanol–water partition coefficient (Wildman–Crippen LogP) is 1.12. The van der Waals surface area contributed by atoms with Crippen molar-refractivity contribution in [1.82, 2.24) is 24.5 Å². The third kappa shape index (κ3) is 2.64. The average molecular weight is 299 g/mol. The lowest BCUT2D eigenvalue weighted by Gasteiger charge is -2.32. The molecule has 0 spiro atoms. The lowest BCUT2D eigenvalue weighted by molar-refractivity contribution is 0.170. The van der Waals surface area contributed by atoms with Crippen LogP contribution in [0.1, 0.15) is 17.8 Å². The van der Waals surface area contributed by atoms with Gasteiger partial charge in [0.25, 0.3) is 0 Å². The van der Waals surface area contributed by atoms with E-state index in [9.17, 15) is 0 Å². The van der Waals surface area contributed by atoms with E-state index in [1.165, 1.54) is 38.3 Å². The minimum Gasteiger partial charge on any atom is -0.314 e. The number of likely N-dealkylation sites (tertiary alicyclic amines) is 1. The molecule has 0 bridgehead atoms. The van der Waals surface area contributed by atoms with Gasteiger partial charge in [-0.25, -0.2) is 4.98 Å². The monoisotopic (exact) mass is 299 g/mol. The molecule has 1 N–H and O–H groups in total. The summed E-state index contributed by atoms with van der Waals surface area (Å²) in [4.78, 5) is 9.94. The van der Waals surface area contributed by atoms with Gasteiger partial charge in [-0.2, -0.15) is 0 Å². The third-order valence-corrected chi connectivity index (χ3v) is 5.12. The highest BCUT2D eigenvalue weighted by molar-refractivity contribution is 5.42. The minimum atomic E-state index is 0.738. The summed E-state index contributed by atoms with van der Waals surface area (Å²) in [5, 5.41) is 3.45. The molecular formula is C17H25N5. The number of nitrogens with zero attached hydrogens (tertiary/aromatic N) is 4. The van der Waals surface area contributed by atoms with Crippen LogP contribution in [0.3, 0.4) is 0 Å². The van der Waals surface area contributed by atoms with Crippen LogP contribution in [0.15, 0.2) is 24.4 Å². The van der Waals surface area contributed by atoms with Crippen LogP contribution >= 0.6 is 0 Å². The molecule has 0 aromatic carbocycles. The Morgan fingerprint density at radius 3 is 2.95 bits per heavy atom. The topological polar surface area (TPSA) is 35.8 Å². The van der Waals surface area contributed by atoms with Crippen LogP contribution in [-0.4, -0.2) is 64.5 Å². The minimum absolute atomic E-state index is 0.738. The average Bonchev–Trinajstić information content (AvgIpc) is 3.14. The van der Waals surface area contributed by atoms with Crippen molar-refractivity contribution in [2.24, 2.45) is 0 Å². The summed E-state index contributed by atoms with van der Waals surface area (Å²) < 4.78 is 2.24. The molecule has 2 aliphatic heterocycles. The number of nitrogens with one attached hydrogen (secondary N) is 1. The van der Waals surface area contributed by atoms with Gasteiger partial charge >= 0.3 is 0 Å². The molecule has 5 nitrogen and oxygen atoms in total. The van der Waals surface area contributed by atoms with Crippen molar-refractivity contribution in [1.29, 1.82) is 0 Å². The van der Waals surface area contributed by atoms with Crippen molar-refractivity contribution in [3.05, 3.63) is 35.8 Å². The molecule has 2 aromatic rings. The Hall–Kier alpha value is -1.43. The number of hydrogen-bond acceptors (Lipinski definition) is 4. The van der Waals surface area contributed by atoms with Crippen molar-refractivity contribution in [2.75, 3.05) is 39.3 Å². The van der Waals surface area contributed by atoms with Gasteiger partial charge in [-0.15, -0.1) is 0 Å². The lowest BCUT2D eigenvalue weighted by Crippen LogP contribution is -2.49. The van der Waals surface area contributed by atoms with Gasteiger partial charge in [-0.1, -0.05) is 6.07 Å². The van der Waals surface area contributed by atoms with Crippen LogP contribution in [0.25, 0.3) is 5.65 Å². The summed E-state index contributed by atoms with van der Waals surface area (Å²) >= 11 is 0. The van der Waals surface area contributed by atoms with Crippen LogP contribution in [-0.2, 0) is 6.54 Å². The zero-order valence-electron chi connectivity index (χ0n) is 13.3. The number of piperazine rings is 1. The zero-order valence-corrected chi connectivity index (χ0v) is 13.3. The maximum absolute atomic E-state index is 4.68. The fourth-order valence-corrected chi connectivity index (χ4v) is 3.87. The highest BCUT2D eigenvalue weighted by Gasteiger charge is 2.29. The summed E-state index contributed by atoms with van der Waals surface area (Å²) in [6.45, 7) is 10.2. The van der Waals surface area contributed by atoms with Crippen molar-refractivity contribution in [2.45, 2.75) is 25.9 Å². The van der Waals surface area contributed by atoms with E-state index >= 15 is 0 Å². The van der Waals surface area contributed by atoms with Crippen molar-refractivity contribution in [3.63, 3.8) is 0 Å². The fourth-order valence-electron chi connectivity index (χ4n) is 3.87. The summed E-state index contributed by atoms with van der Waals surface area (Å²) in [5.74, 6) is 0. The van der Waals surface area contributed by atoms with Crippen LogP contribution < -0.4 is 5.32 Å². The molecule has 2 fully saturated rings. The Morgan fingerprint density at radius 2 is 2.09 bits per heavy atom. The number of pyridine rings is 1. The Labute approximate surface area is 131 Å². The summed E-state index contributed by atoms with van der Waals surface area (Å²) in [6, 6.07) is 6.97. The SMILES string of the molecule is Cc1nc2ccccn2c1CN1CCC(N2CCNCC2)C1. The second-order valence-corrected chi connectivity index (χ2v) is 6.54. The molecule has 0 saturated carbocycles. The molecule has 0 radical (unpaired) electrons. The van der Waals surface area contributed by atoms with E-state index < -0.39 is 0 Å². The van der Waals surface area contributed by atoms with E-state index in [-0.39, 0.29) is 0 Å². The maximum Gasteiger partial charge on any atom is 0.137 e. The molecule has 2 aliphatic rings. The van der Waals surface area contributed by atoms with Gasteiger partial charge in [0.05, 0.1) is 11.4 Å². The van der Waals surface area contributed by atoms with E-state index in [1.54, 1.807) is 0 Å². The number of aromatic nitrogens is 2. The van der Waals surface area contributed by atoms with E-state index in [0.717, 1.165) is 37.0 Å². The molecule has 22 heavy (non-hydrogen) atoms. The zero-order chi connectivity index (χ0) is 14.9. The fraction of sp³-hybridized carbons (Fsp3) is 0.588. The molecule has 2 saturated heterocycles. The largest absolute Gasteiger partial charge is 0.314 e. The molecule has 4 rings (SSSR count). The van der Waals surface area contributed by atoms with Crippen molar-refractivity contribution in [3.8, 4) is 0 Å². The molecule has 0 amide bonds. The molecule has 5 heteroatoms. The first-order valence-corrected chi connectivity index (χ1v) is 8.41. The first-order chi connectivity index (χ1) is 10.8. The van der Waals surface area contributed by atoms with Gasteiger partial charge in [0.1, 0.15) is 5.65 Å². The van der Waals surface area contributed by atoms with Crippen LogP contribution in [0.5, 0.6) is 0 Å². The van der Waals surface area contributed by atoms with Gasteiger partial charge in [-0.05, 0) is 25.5 Å². The van der Waals surface area contributed by atoms with Gasteiger partial charge < -0.3 is 9.72 Å². The second-order valence-electron chi connectivity index (χ2n) is 6.54. The summed E-state index contributed by atoms with van der Waals surface area (Å²) in [7, 11) is 0. The maximum atomic E-state index is 4.68. The number of imidazole rings is 1. The number of aryl methyl sites for hydroxylation is 1. The van der Waals surface area contributed by atoms with Crippen LogP contribution in [0, 0.1) is 6.92 Å². The Kier molecular flexibility index (Phi) is 3.86. The van der Waals surface area contributed by atoms with Crippen LogP contribution in [0.4, 0.5) is 0 Å². The van der Waals surface area contributed by atoms with Crippen molar-refractivity contribution < 1.29 is 0 Å². The number of hydrogen-bond donors (Lipinski definition) is 1. The molecule has 4 heterocycles. The molecule has 1 unspecified atom stereocenters. The van der Waals surface area contributed by atoms with Gasteiger partial charge in [0, 0.05) is 58.1 Å². The molecule has 118 valence electrons. The van der Waals surface area contributed by atoms with E-state index in [0.29, 0.717) is 0 Å². The van der Waals surface area contributed by atoms with Gasteiger partial charge in [-0.3, -0.25) is 9.80 Å². The Morgan fingerprint density at radius 1 is 1.23 bits per heavy atom. The summed E-state index contributed by atoms with van der Waals surface area (Å²) in [5.41, 5.74) is 3.57. The quantitative estimate of drug-likeness (QED) is 0.921. The normalized spacial score (nSPS) is 24.3. The Balaban J connectivity index is 1.46. The molecule has 2 aromatic heterocycles. The molecular weight excluding hydrogens is 274 g/mol. The highest BCUT2D eigenvalue weighted by atomic mass is 15.3. The van der Waals surface area contributed by atoms with E-state index in [2.05, 4.69) is 55.8 Å². The number of rotatable bonds is 3. The van der Waals surface area contributed by atoms with Crippen molar-refractivity contribution >= 4 is 5.65 Å². The second kappa shape index (κ2) is 5.99. The smallest absolute Gasteiger partial charge is 0.137 e. The predicted molar refractivity (Wildman–Crippen MR) is 88.1 cm³/mol. The standard InChI is InChI=1S/C17H25N5/c1-14-16(22-8-3-2-4-17(22)19-14)13-20-9-5-15(12-20)21-10-6-18-7-11-21/h2-4,8,15,18H,5-7,9-13H2,1H3. The van der Waals surface area contributed by atoms with E-state index in [1.807, 2.05) is 0 Å². The third-order valence-electron chi connectivity index (χ3n) is 5.12. The molecule has 0 aliphatic carbocycles. The first-order valence-electron chi connectivity index (χ1n) is 8.41. The summed E-state index contributed by atoms with van der Waals surface area (Å²) in [6.07, 6.45) is 3.43.